The number of rotatable bonds is 4. The lowest BCUT2D eigenvalue weighted by atomic mass is 10.0. The number of nitrogens with one attached hydrogen (secondary N) is 2. The number of nitrogens with zero attached hydrogens (tertiary/aromatic N) is 1. The number of benzene rings is 2. The Kier molecular flexibility index (Phi) is 5.57. The summed E-state index contributed by atoms with van der Waals surface area (Å²) in [5.41, 5.74) is 3.46. The van der Waals surface area contributed by atoms with Gasteiger partial charge >= 0.3 is 6.03 Å². The SMILES string of the molecule is Cc1ccc2cc(CN(C(=O)Nc3ccccc3F)C3CCCC3)c(=O)[nH]c2c1C. The number of hydrogen-bond donors (Lipinski definition) is 2. The molecule has 156 valence electrons. The number of aromatic nitrogens is 1. The van der Waals surface area contributed by atoms with E-state index in [9.17, 15) is 14.0 Å². The topological polar surface area (TPSA) is 65.2 Å². The van der Waals surface area contributed by atoms with Crippen LogP contribution >= 0.6 is 0 Å². The molecular weight excluding hydrogens is 381 g/mol. The van der Waals surface area contributed by atoms with Crippen LogP contribution in [0.3, 0.4) is 0 Å². The highest BCUT2D eigenvalue weighted by Crippen LogP contribution is 2.27. The minimum absolute atomic E-state index is 0.0339. The maximum Gasteiger partial charge on any atom is 0.322 e. The minimum Gasteiger partial charge on any atom is -0.321 e. The van der Waals surface area contributed by atoms with E-state index in [2.05, 4.69) is 10.3 Å². The molecule has 1 aliphatic carbocycles. The lowest BCUT2D eigenvalue weighted by molar-refractivity contribution is 0.184. The summed E-state index contributed by atoms with van der Waals surface area (Å²) in [7, 11) is 0. The van der Waals surface area contributed by atoms with Crippen molar-refractivity contribution in [2.45, 2.75) is 52.1 Å². The fourth-order valence-electron chi connectivity index (χ4n) is 4.20. The Morgan fingerprint density at radius 2 is 1.90 bits per heavy atom. The molecule has 4 rings (SSSR count). The molecule has 0 saturated heterocycles. The standard InChI is InChI=1S/C24H26FN3O2/c1-15-11-12-17-13-18(23(29)27-22(17)16(15)2)14-28(19-7-3-4-8-19)24(30)26-21-10-6-5-9-20(21)25/h5-6,9-13,19H,3-4,7-8,14H2,1-2H3,(H,26,30)(H,27,29). The van der Waals surface area contributed by atoms with Crippen LogP contribution in [0, 0.1) is 19.7 Å². The van der Waals surface area contributed by atoms with Crippen molar-refractivity contribution in [2.75, 3.05) is 5.32 Å². The molecule has 0 atom stereocenters. The summed E-state index contributed by atoms with van der Waals surface area (Å²) >= 11 is 0. The zero-order valence-electron chi connectivity index (χ0n) is 17.3. The largest absolute Gasteiger partial charge is 0.322 e. The maximum atomic E-state index is 14.0. The first-order valence-corrected chi connectivity index (χ1v) is 10.4. The van der Waals surface area contributed by atoms with Crippen molar-refractivity contribution in [3.05, 3.63) is 75.3 Å². The van der Waals surface area contributed by atoms with Crippen molar-refractivity contribution in [3.63, 3.8) is 0 Å². The second-order valence-electron chi connectivity index (χ2n) is 8.07. The van der Waals surface area contributed by atoms with Gasteiger partial charge in [0.1, 0.15) is 5.82 Å². The number of halogens is 1. The molecule has 30 heavy (non-hydrogen) atoms. The number of amides is 2. The molecule has 1 heterocycles. The van der Waals surface area contributed by atoms with Gasteiger partial charge in [-0.25, -0.2) is 9.18 Å². The summed E-state index contributed by atoms with van der Waals surface area (Å²) in [6.45, 7) is 4.18. The van der Waals surface area contributed by atoms with E-state index in [1.54, 1.807) is 17.0 Å². The molecule has 0 bridgehead atoms. The second-order valence-corrected chi connectivity index (χ2v) is 8.07. The van der Waals surface area contributed by atoms with E-state index < -0.39 is 5.82 Å². The van der Waals surface area contributed by atoms with Crippen molar-refractivity contribution >= 4 is 22.6 Å². The number of anilines is 1. The van der Waals surface area contributed by atoms with E-state index in [1.807, 2.05) is 32.0 Å². The van der Waals surface area contributed by atoms with E-state index >= 15 is 0 Å². The van der Waals surface area contributed by atoms with Crippen LogP contribution in [0.25, 0.3) is 10.9 Å². The first-order chi connectivity index (χ1) is 14.4. The van der Waals surface area contributed by atoms with Crippen LogP contribution in [0.15, 0.2) is 47.3 Å². The van der Waals surface area contributed by atoms with Gasteiger partial charge in [-0.2, -0.15) is 0 Å². The Morgan fingerprint density at radius 1 is 1.17 bits per heavy atom. The number of H-pyrrole nitrogens is 1. The van der Waals surface area contributed by atoms with Gasteiger partial charge in [0.05, 0.1) is 17.7 Å². The average Bonchev–Trinajstić information content (AvgIpc) is 3.26. The summed E-state index contributed by atoms with van der Waals surface area (Å²) in [5.74, 6) is -0.480. The molecule has 0 radical (unpaired) electrons. The van der Waals surface area contributed by atoms with Crippen LogP contribution in [-0.2, 0) is 6.54 Å². The number of carbonyl (C=O) groups is 1. The van der Waals surface area contributed by atoms with Crippen molar-refractivity contribution < 1.29 is 9.18 Å². The quantitative estimate of drug-likeness (QED) is 0.619. The number of hydrogen-bond acceptors (Lipinski definition) is 2. The molecule has 2 aromatic carbocycles. The maximum absolute atomic E-state index is 14.0. The predicted octanol–water partition coefficient (Wildman–Crippen LogP) is 5.26. The van der Waals surface area contributed by atoms with Crippen LogP contribution in [0.1, 0.15) is 42.4 Å². The van der Waals surface area contributed by atoms with E-state index in [4.69, 9.17) is 0 Å². The molecule has 1 aliphatic rings. The lowest BCUT2D eigenvalue weighted by Gasteiger charge is -2.29. The van der Waals surface area contributed by atoms with Gasteiger partial charge in [0.2, 0.25) is 0 Å². The van der Waals surface area contributed by atoms with E-state index in [-0.39, 0.29) is 29.9 Å². The highest BCUT2D eigenvalue weighted by atomic mass is 19.1. The number of aryl methyl sites for hydroxylation is 2. The molecule has 0 aliphatic heterocycles. The van der Waals surface area contributed by atoms with E-state index in [1.165, 1.54) is 12.1 Å². The zero-order chi connectivity index (χ0) is 21.3. The van der Waals surface area contributed by atoms with E-state index in [0.29, 0.717) is 5.56 Å². The van der Waals surface area contributed by atoms with Crippen molar-refractivity contribution in [1.29, 1.82) is 0 Å². The first kappa shape index (κ1) is 20.1. The summed E-state index contributed by atoms with van der Waals surface area (Å²) < 4.78 is 14.0. The van der Waals surface area contributed by atoms with Gasteiger partial charge < -0.3 is 15.2 Å². The predicted molar refractivity (Wildman–Crippen MR) is 117 cm³/mol. The summed E-state index contributed by atoms with van der Waals surface area (Å²) in [4.78, 5) is 30.5. The summed E-state index contributed by atoms with van der Waals surface area (Å²) in [6, 6.07) is 11.6. The van der Waals surface area contributed by atoms with Crippen molar-refractivity contribution in [3.8, 4) is 0 Å². The smallest absolute Gasteiger partial charge is 0.321 e. The Labute approximate surface area is 174 Å². The van der Waals surface area contributed by atoms with Crippen LogP contribution in [0.5, 0.6) is 0 Å². The molecule has 1 aromatic heterocycles. The second kappa shape index (κ2) is 8.30. The Balaban J connectivity index is 1.66. The third-order valence-corrected chi connectivity index (χ3v) is 6.11. The molecule has 6 heteroatoms. The molecule has 2 N–H and O–H groups in total. The van der Waals surface area contributed by atoms with Gasteiger partial charge in [-0.05, 0) is 61.4 Å². The molecule has 0 unspecified atom stereocenters. The molecule has 1 saturated carbocycles. The van der Waals surface area contributed by atoms with Crippen LogP contribution in [0.2, 0.25) is 0 Å². The van der Waals surface area contributed by atoms with Gasteiger partial charge in [-0.15, -0.1) is 0 Å². The van der Waals surface area contributed by atoms with Gasteiger partial charge in [0, 0.05) is 11.6 Å². The Hall–Kier alpha value is -3.15. The van der Waals surface area contributed by atoms with Crippen LogP contribution in [-0.4, -0.2) is 22.0 Å². The average molecular weight is 407 g/mol. The van der Waals surface area contributed by atoms with Gasteiger partial charge in [-0.1, -0.05) is 37.1 Å². The minimum atomic E-state index is -0.480. The number of carbonyl (C=O) groups excluding carboxylic acids is 1. The Bertz CT molecular complexity index is 1150. The molecule has 3 aromatic rings. The highest BCUT2D eigenvalue weighted by molar-refractivity contribution is 5.90. The number of urea groups is 1. The monoisotopic (exact) mass is 407 g/mol. The summed E-state index contributed by atoms with van der Waals surface area (Å²) in [5, 5.41) is 3.62. The molecular formula is C24H26FN3O2. The Morgan fingerprint density at radius 3 is 2.63 bits per heavy atom. The van der Waals surface area contributed by atoms with Crippen LogP contribution in [0.4, 0.5) is 14.9 Å². The van der Waals surface area contributed by atoms with Gasteiger partial charge in [0.25, 0.3) is 5.56 Å². The molecule has 5 nitrogen and oxygen atoms in total. The molecule has 1 fully saturated rings. The summed E-state index contributed by atoms with van der Waals surface area (Å²) in [6.07, 6.45) is 3.85. The van der Waals surface area contributed by atoms with Crippen molar-refractivity contribution in [2.24, 2.45) is 0 Å². The van der Waals surface area contributed by atoms with Gasteiger partial charge in [-0.3, -0.25) is 4.79 Å². The molecule has 0 spiro atoms. The van der Waals surface area contributed by atoms with Gasteiger partial charge in [0.15, 0.2) is 0 Å². The fourth-order valence-corrected chi connectivity index (χ4v) is 4.20. The normalized spacial score (nSPS) is 14.2. The number of pyridine rings is 1. The fraction of sp³-hybridized carbons (Fsp3) is 0.333. The zero-order valence-corrected chi connectivity index (χ0v) is 17.3. The van der Waals surface area contributed by atoms with E-state index in [0.717, 1.165) is 47.7 Å². The lowest BCUT2D eigenvalue weighted by Crippen LogP contribution is -2.42. The highest BCUT2D eigenvalue weighted by Gasteiger charge is 2.28. The third-order valence-electron chi connectivity index (χ3n) is 6.11. The first-order valence-electron chi connectivity index (χ1n) is 10.4. The van der Waals surface area contributed by atoms with Crippen molar-refractivity contribution in [1.82, 2.24) is 9.88 Å². The number of para-hydroxylation sites is 1. The number of aromatic amines is 1. The third kappa shape index (κ3) is 3.95. The number of fused-ring (bicyclic) bond motifs is 1. The molecule has 2 amide bonds. The van der Waals surface area contributed by atoms with Crippen LogP contribution < -0.4 is 10.9 Å².